The van der Waals surface area contributed by atoms with E-state index in [1.807, 2.05) is 13.8 Å². The predicted octanol–water partition coefficient (Wildman–Crippen LogP) is 1.89. The van der Waals surface area contributed by atoms with Crippen LogP contribution in [0.3, 0.4) is 0 Å². The lowest BCUT2D eigenvalue weighted by Crippen LogP contribution is -2.49. The van der Waals surface area contributed by atoms with Crippen LogP contribution in [0, 0.1) is 5.92 Å². The minimum Gasteiger partial charge on any atom is -0.480 e. The number of aliphatic carboxylic acids is 1. The summed E-state index contributed by atoms with van der Waals surface area (Å²) >= 11 is 0. The van der Waals surface area contributed by atoms with Crippen LogP contribution in [0.5, 0.6) is 0 Å². The lowest BCUT2D eigenvalue weighted by atomic mass is 9.83. The molecule has 1 N–H and O–H groups in total. The third kappa shape index (κ3) is 2.97. The molecule has 0 heterocycles. The maximum absolute atomic E-state index is 11.3. The van der Waals surface area contributed by atoms with Crippen LogP contribution in [0.15, 0.2) is 0 Å². The second-order valence-electron chi connectivity index (χ2n) is 4.83. The molecule has 1 fully saturated rings. The van der Waals surface area contributed by atoms with Gasteiger partial charge in [0.2, 0.25) is 6.41 Å². The van der Waals surface area contributed by atoms with Gasteiger partial charge in [0.15, 0.2) is 0 Å². The molecule has 1 aliphatic carbocycles. The van der Waals surface area contributed by atoms with Gasteiger partial charge in [-0.3, -0.25) is 4.79 Å². The van der Waals surface area contributed by atoms with Crippen molar-refractivity contribution in [1.29, 1.82) is 0 Å². The van der Waals surface area contributed by atoms with Gasteiger partial charge in [0.05, 0.1) is 0 Å². The van der Waals surface area contributed by atoms with Crippen molar-refractivity contribution in [1.82, 2.24) is 4.90 Å². The van der Waals surface area contributed by atoms with Gasteiger partial charge >= 0.3 is 5.97 Å². The van der Waals surface area contributed by atoms with Crippen molar-refractivity contribution in [3.63, 3.8) is 0 Å². The summed E-state index contributed by atoms with van der Waals surface area (Å²) in [7, 11) is 0. The largest absolute Gasteiger partial charge is 0.480 e. The first-order valence-corrected chi connectivity index (χ1v) is 6.03. The number of carboxylic acids is 1. The Bertz CT molecular complexity index is 247. The molecule has 0 saturated heterocycles. The molecule has 0 aromatic heterocycles. The van der Waals surface area contributed by atoms with Gasteiger partial charge in [0, 0.05) is 6.04 Å². The molecule has 1 saturated carbocycles. The van der Waals surface area contributed by atoms with Crippen molar-refractivity contribution >= 4 is 12.4 Å². The van der Waals surface area contributed by atoms with Gasteiger partial charge in [-0.15, -0.1) is 0 Å². The fraction of sp³-hybridized carbons (Fsp3) is 0.833. The van der Waals surface area contributed by atoms with Gasteiger partial charge in [-0.25, -0.2) is 4.79 Å². The van der Waals surface area contributed by atoms with Crippen molar-refractivity contribution in [2.75, 3.05) is 0 Å². The minimum absolute atomic E-state index is 0.0551. The van der Waals surface area contributed by atoms with Crippen LogP contribution >= 0.6 is 0 Å². The van der Waals surface area contributed by atoms with E-state index in [-0.39, 0.29) is 12.0 Å². The Hall–Kier alpha value is -1.06. The molecule has 0 aromatic carbocycles. The van der Waals surface area contributed by atoms with Gasteiger partial charge in [-0.1, -0.05) is 19.3 Å². The monoisotopic (exact) mass is 227 g/mol. The zero-order valence-corrected chi connectivity index (χ0v) is 10.1. The van der Waals surface area contributed by atoms with Crippen molar-refractivity contribution in [2.45, 2.75) is 58.0 Å². The number of carboxylic acid groups (broad SMARTS) is 1. The zero-order valence-electron chi connectivity index (χ0n) is 10.1. The molecule has 4 heteroatoms. The number of rotatable bonds is 5. The molecule has 92 valence electrons. The Morgan fingerprint density at radius 1 is 1.31 bits per heavy atom. The molecule has 0 aliphatic heterocycles. The summed E-state index contributed by atoms with van der Waals surface area (Å²) < 4.78 is 0. The highest BCUT2D eigenvalue weighted by Gasteiger charge is 2.34. The third-order valence-electron chi connectivity index (χ3n) is 3.39. The number of carbonyl (C=O) groups excluding carboxylic acids is 1. The Kier molecular flexibility index (Phi) is 4.77. The molecule has 16 heavy (non-hydrogen) atoms. The Morgan fingerprint density at radius 3 is 2.25 bits per heavy atom. The number of amides is 1. The van der Waals surface area contributed by atoms with E-state index in [0.29, 0.717) is 6.41 Å². The quantitative estimate of drug-likeness (QED) is 0.730. The van der Waals surface area contributed by atoms with E-state index in [1.54, 1.807) is 0 Å². The fourth-order valence-electron chi connectivity index (χ4n) is 2.53. The van der Waals surface area contributed by atoms with E-state index in [1.165, 1.54) is 11.3 Å². The molecule has 1 aliphatic rings. The molecule has 0 aromatic rings. The van der Waals surface area contributed by atoms with Gasteiger partial charge in [0.25, 0.3) is 0 Å². The fourth-order valence-corrected chi connectivity index (χ4v) is 2.53. The number of hydrogen-bond acceptors (Lipinski definition) is 2. The summed E-state index contributed by atoms with van der Waals surface area (Å²) in [4.78, 5) is 23.7. The number of nitrogens with zero attached hydrogens (tertiary/aromatic N) is 1. The lowest BCUT2D eigenvalue weighted by Gasteiger charge is -2.36. The van der Waals surface area contributed by atoms with E-state index < -0.39 is 12.0 Å². The first-order valence-electron chi connectivity index (χ1n) is 6.03. The van der Waals surface area contributed by atoms with E-state index in [2.05, 4.69) is 0 Å². The van der Waals surface area contributed by atoms with Crippen LogP contribution in [0.1, 0.15) is 46.0 Å². The van der Waals surface area contributed by atoms with Crippen LogP contribution in [0.25, 0.3) is 0 Å². The molecule has 1 rings (SSSR count). The normalized spacial score (nSPS) is 19.4. The molecular weight excluding hydrogens is 206 g/mol. The summed E-state index contributed by atoms with van der Waals surface area (Å²) in [5.41, 5.74) is 0. The van der Waals surface area contributed by atoms with Gasteiger partial charge in [-0.05, 0) is 32.6 Å². The van der Waals surface area contributed by atoms with Crippen LogP contribution in [0.4, 0.5) is 0 Å². The van der Waals surface area contributed by atoms with Crippen molar-refractivity contribution in [3.05, 3.63) is 0 Å². The van der Waals surface area contributed by atoms with Gasteiger partial charge < -0.3 is 10.0 Å². The minimum atomic E-state index is -0.868. The van der Waals surface area contributed by atoms with Crippen molar-refractivity contribution in [3.8, 4) is 0 Å². The smallest absolute Gasteiger partial charge is 0.326 e. The molecule has 1 atom stereocenters. The maximum atomic E-state index is 11.3. The Morgan fingerprint density at radius 2 is 1.88 bits per heavy atom. The highest BCUT2D eigenvalue weighted by atomic mass is 16.4. The standard InChI is InChI=1S/C12H21NO3/c1-9(2)13(8-14)11(12(15)16)10-6-4-3-5-7-10/h8-11H,3-7H2,1-2H3,(H,15,16). The Labute approximate surface area is 96.6 Å². The summed E-state index contributed by atoms with van der Waals surface area (Å²) in [5, 5.41) is 9.28. The van der Waals surface area contributed by atoms with Crippen LogP contribution < -0.4 is 0 Å². The number of hydrogen-bond donors (Lipinski definition) is 1. The molecule has 0 bridgehead atoms. The van der Waals surface area contributed by atoms with E-state index in [0.717, 1.165) is 25.7 Å². The number of carbonyl (C=O) groups is 2. The summed E-state index contributed by atoms with van der Waals surface area (Å²) in [6.07, 6.45) is 5.88. The van der Waals surface area contributed by atoms with Crippen LogP contribution in [-0.2, 0) is 9.59 Å². The van der Waals surface area contributed by atoms with E-state index in [4.69, 9.17) is 0 Å². The van der Waals surface area contributed by atoms with Crippen LogP contribution in [-0.4, -0.2) is 34.5 Å². The molecule has 0 spiro atoms. The van der Waals surface area contributed by atoms with E-state index in [9.17, 15) is 14.7 Å². The SMILES string of the molecule is CC(C)N(C=O)C(C(=O)O)C1CCCCC1. The average molecular weight is 227 g/mol. The first-order chi connectivity index (χ1) is 7.57. The van der Waals surface area contributed by atoms with Crippen molar-refractivity contribution in [2.24, 2.45) is 5.92 Å². The Balaban J connectivity index is 2.79. The van der Waals surface area contributed by atoms with Gasteiger partial charge in [-0.2, -0.15) is 0 Å². The molecule has 1 amide bonds. The maximum Gasteiger partial charge on any atom is 0.326 e. The topological polar surface area (TPSA) is 57.6 Å². The molecular formula is C12H21NO3. The highest BCUT2D eigenvalue weighted by molar-refractivity contribution is 5.76. The average Bonchev–Trinajstić information content (AvgIpc) is 2.25. The second kappa shape index (κ2) is 5.87. The summed E-state index contributed by atoms with van der Waals surface area (Å²) in [6.45, 7) is 3.71. The van der Waals surface area contributed by atoms with Gasteiger partial charge in [0.1, 0.15) is 6.04 Å². The molecule has 4 nitrogen and oxygen atoms in total. The highest BCUT2D eigenvalue weighted by Crippen LogP contribution is 2.29. The second-order valence-corrected chi connectivity index (χ2v) is 4.83. The van der Waals surface area contributed by atoms with Crippen LogP contribution in [0.2, 0.25) is 0 Å². The summed E-state index contributed by atoms with van der Waals surface area (Å²) in [6, 6.07) is -0.696. The molecule has 1 unspecified atom stereocenters. The predicted molar refractivity (Wildman–Crippen MR) is 61.0 cm³/mol. The zero-order chi connectivity index (χ0) is 12.1. The van der Waals surface area contributed by atoms with E-state index >= 15 is 0 Å². The first kappa shape index (κ1) is 13.0. The summed E-state index contributed by atoms with van der Waals surface area (Å²) in [5.74, 6) is -0.744. The molecule has 0 radical (unpaired) electrons. The lowest BCUT2D eigenvalue weighted by molar-refractivity contribution is -0.150. The third-order valence-corrected chi connectivity index (χ3v) is 3.39. The van der Waals surface area contributed by atoms with Crippen molar-refractivity contribution < 1.29 is 14.7 Å².